The van der Waals surface area contributed by atoms with Crippen LogP contribution in [-0.2, 0) is 19.6 Å². The summed E-state index contributed by atoms with van der Waals surface area (Å²) in [5.74, 6) is 0.603. The third-order valence-corrected chi connectivity index (χ3v) is 10.8. The quantitative estimate of drug-likeness (QED) is 0.211. The van der Waals surface area contributed by atoms with Crippen LogP contribution in [0.1, 0.15) is 56.7 Å². The third-order valence-electron chi connectivity index (χ3n) is 9.13. The van der Waals surface area contributed by atoms with Crippen molar-refractivity contribution in [3.05, 3.63) is 120 Å². The van der Waals surface area contributed by atoms with Crippen molar-refractivity contribution in [2.45, 2.75) is 64.0 Å². The lowest BCUT2D eigenvalue weighted by atomic mass is 9.75. The summed E-state index contributed by atoms with van der Waals surface area (Å²) < 4.78 is 36.3. The average Bonchev–Trinajstić information content (AvgIpc) is 3.01. The molecule has 0 spiro atoms. The summed E-state index contributed by atoms with van der Waals surface area (Å²) in [7, 11) is -4.09. The number of carbonyl (C=O) groups is 1. The molecule has 6 rings (SSSR count). The van der Waals surface area contributed by atoms with Crippen molar-refractivity contribution in [2.75, 3.05) is 4.90 Å². The molecule has 1 fully saturated rings. The Kier molecular flexibility index (Phi) is 8.25. The maximum Gasteiger partial charge on any atom is 0.332 e. The summed E-state index contributed by atoms with van der Waals surface area (Å²) in [6, 6.07) is 24.0. The van der Waals surface area contributed by atoms with E-state index < -0.39 is 22.0 Å². The largest absolute Gasteiger partial charge is 0.459 e. The predicted molar refractivity (Wildman–Crippen MR) is 176 cm³/mol. The SMILES string of the molecule is Cc1ccc(S(=O)(=O)N2C=C(c3ccccc3)N3c4ccccc4C=CC3/C2=C\C(=O)O[C@@H]2C[C@H](C)CC[C@H]2C(C)C)cc1. The van der Waals surface area contributed by atoms with Crippen molar-refractivity contribution in [3.8, 4) is 0 Å². The molecule has 3 aromatic rings. The van der Waals surface area contributed by atoms with Crippen LogP contribution in [-0.4, -0.2) is 30.8 Å². The summed E-state index contributed by atoms with van der Waals surface area (Å²) >= 11 is 0. The number of esters is 1. The van der Waals surface area contributed by atoms with Gasteiger partial charge in [-0.1, -0.05) is 106 Å². The Morgan fingerprint density at radius 3 is 2.39 bits per heavy atom. The van der Waals surface area contributed by atoms with Crippen molar-refractivity contribution in [2.24, 2.45) is 17.8 Å². The van der Waals surface area contributed by atoms with Gasteiger partial charge >= 0.3 is 5.97 Å². The Bertz CT molecular complexity index is 1720. The first-order chi connectivity index (χ1) is 21.1. The second-order valence-electron chi connectivity index (χ2n) is 12.6. The molecule has 3 aromatic carbocycles. The van der Waals surface area contributed by atoms with Crippen molar-refractivity contribution in [1.29, 1.82) is 0 Å². The van der Waals surface area contributed by atoms with Gasteiger partial charge in [-0.05, 0) is 66.8 Å². The van der Waals surface area contributed by atoms with Crippen LogP contribution in [0, 0.1) is 24.7 Å². The lowest BCUT2D eigenvalue weighted by molar-refractivity contribution is -0.149. The molecule has 0 aromatic heterocycles. The van der Waals surface area contributed by atoms with E-state index in [2.05, 4.69) is 25.7 Å². The molecule has 1 aliphatic carbocycles. The van der Waals surface area contributed by atoms with Crippen molar-refractivity contribution < 1.29 is 17.9 Å². The highest BCUT2D eigenvalue weighted by atomic mass is 32.2. The van der Waals surface area contributed by atoms with E-state index in [9.17, 15) is 13.2 Å². The Morgan fingerprint density at radius 1 is 0.955 bits per heavy atom. The monoisotopic (exact) mass is 608 g/mol. The van der Waals surface area contributed by atoms with Crippen LogP contribution < -0.4 is 4.90 Å². The first-order valence-electron chi connectivity index (χ1n) is 15.5. The lowest BCUT2D eigenvalue weighted by Crippen LogP contribution is -2.47. The fraction of sp³-hybridized carbons (Fsp3) is 0.324. The van der Waals surface area contributed by atoms with Crippen LogP contribution in [0.15, 0.2) is 108 Å². The molecule has 0 saturated heterocycles. The van der Waals surface area contributed by atoms with Crippen molar-refractivity contribution in [1.82, 2.24) is 4.31 Å². The van der Waals surface area contributed by atoms with Crippen LogP contribution in [0.3, 0.4) is 0 Å². The summed E-state index contributed by atoms with van der Waals surface area (Å²) in [4.78, 5) is 16.1. The first-order valence-corrected chi connectivity index (χ1v) is 16.9. The van der Waals surface area contributed by atoms with Crippen molar-refractivity contribution in [3.63, 3.8) is 0 Å². The van der Waals surface area contributed by atoms with Gasteiger partial charge < -0.3 is 9.64 Å². The van der Waals surface area contributed by atoms with E-state index in [4.69, 9.17) is 4.74 Å². The minimum absolute atomic E-state index is 0.153. The maximum atomic E-state index is 14.4. The molecule has 44 heavy (non-hydrogen) atoms. The highest BCUT2D eigenvalue weighted by Crippen LogP contribution is 2.44. The number of nitrogens with zero attached hydrogens (tertiary/aromatic N) is 2. The second-order valence-corrected chi connectivity index (χ2v) is 14.4. The second kappa shape index (κ2) is 12.1. The molecule has 2 aliphatic heterocycles. The van der Waals surface area contributed by atoms with E-state index in [1.54, 1.807) is 30.5 Å². The molecule has 1 saturated carbocycles. The molecule has 2 heterocycles. The zero-order valence-corrected chi connectivity index (χ0v) is 26.6. The van der Waals surface area contributed by atoms with E-state index in [-0.39, 0.29) is 16.9 Å². The molecule has 6 nitrogen and oxygen atoms in total. The van der Waals surface area contributed by atoms with Gasteiger partial charge in [-0.3, -0.25) is 0 Å². The highest BCUT2D eigenvalue weighted by Gasteiger charge is 2.41. The third kappa shape index (κ3) is 5.73. The number of hydrogen-bond acceptors (Lipinski definition) is 5. The van der Waals surface area contributed by atoms with E-state index >= 15 is 0 Å². The summed E-state index contributed by atoms with van der Waals surface area (Å²) in [5.41, 5.74) is 4.81. The number of carbonyl (C=O) groups excluding carboxylic acids is 1. The molecule has 0 radical (unpaired) electrons. The smallest absolute Gasteiger partial charge is 0.332 e. The topological polar surface area (TPSA) is 66.9 Å². The molecular weight excluding hydrogens is 568 g/mol. The van der Waals surface area contributed by atoms with Crippen LogP contribution in [0.4, 0.5) is 5.69 Å². The summed E-state index contributed by atoms with van der Waals surface area (Å²) in [6.45, 7) is 8.47. The predicted octanol–water partition coefficient (Wildman–Crippen LogP) is 7.79. The Morgan fingerprint density at radius 2 is 1.66 bits per heavy atom. The molecule has 0 amide bonds. The van der Waals surface area contributed by atoms with Gasteiger partial charge in [-0.2, -0.15) is 0 Å². The number of rotatable bonds is 6. The van der Waals surface area contributed by atoms with Gasteiger partial charge in [-0.25, -0.2) is 17.5 Å². The first kappa shape index (κ1) is 29.9. The molecule has 0 N–H and O–H groups in total. The molecule has 3 aliphatic rings. The molecule has 0 bridgehead atoms. The fourth-order valence-corrected chi connectivity index (χ4v) is 8.11. The highest BCUT2D eigenvalue weighted by molar-refractivity contribution is 7.89. The normalized spacial score (nSPS) is 24.1. The number of anilines is 1. The van der Waals surface area contributed by atoms with Crippen LogP contribution in [0.5, 0.6) is 0 Å². The standard InChI is InChI=1S/C37H40N2O4S/c1-25(2)31-20-16-27(4)22-36(31)43-37(40)23-34-33-21-17-29-12-8-9-13-32(29)39(33)35(28-10-6-5-7-11-28)24-38(34)44(41,42)30-18-14-26(3)15-19-30/h5-15,17-19,21,23-25,27,31,33,36H,16,20,22H2,1-4H3/b34-23+/t27-,31+,33?,36-/m1/s1. The molecule has 7 heteroatoms. The van der Waals surface area contributed by atoms with E-state index in [0.29, 0.717) is 17.5 Å². The zero-order chi connectivity index (χ0) is 31.0. The summed E-state index contributed by atoms with van der Waals surface area (Å²) in [5, 5.41) is 0. The van der Waals surface area contributed by atoms with Gasteiger partial charge in [0.2, 0.25) is 0 Å². The van der Waals surface area contributed by atoms with Crippen LogP contribution in [0.25, 0.3) is 11.8 Å². The fourth-order valence-electron chi connectivity index (χ4n) is 6.72. The minimum Gasteiger partial charge on any atom is -0.459 e. The number of benzene rings is 3. The lowest BCUT2D eigenvalue weighted by Gasteiger charge is -2.45. The van der Waals surface area contributed by atoms with Gasteiger partial charge in [0.1, 0.15) is 6.10 Å². The number of sulfonamides is 1. The average molecular weight is 609 g/mol. The number of fused-ring (bicyclic) bond motifs is 3. The number of aryl methyl sites for hydroxylation is 1. The molecule has 228 valence electrons. The molecule has 4 atom stereocenters. The van der Waals surface area contributed by atoms with Gasteiger partial charge in [0.05, 0.1) is 22.3 Å². The van der Waals surface area contributed by atoms with Crippen LogP contribution >= 0.6 is 0 Å². The van der Waals surface area contributed by atoms with Gasteiger partial charge in [0.15, 0.2) is 0 Å². The van der Waals surface area contributed by atoms with Gasteiger partial charge in [-0.15, -0.1) is 0 Å². The minimum atomic E-state index is -4.09. The Labute approximate surface area is 261 Å². The maximum absolute atomic E-state index is 14.4. The summed E-state index contributed by atoms with van der Waals surface area (Å²) in [6.07, 6.45) is 9.75. The molecule has 1 unspecified atom stereocenters. The van der Waals surface area contributed by atoms with E-state index in [1.807, 2.05) is 73.7 Å². The molecular formula is C37H40N2O4S. The van der Waals surface area contributed by atoms with E-state index in [0.717, 1.165) is 47.3 Å². The zero-order valence-electron chi connectivity index (χ0n) is 25.8. The van der Waals surface area contributed by atoms with E-state index in [1.165, 1.54) is 10.4 Å². The number of para-hydroxylation sites is 1. The van der Waals surface area contributed by atoms with Gasteiger partial charge in [0, 0.05) is 18.0 Å². The van der Waals surface area contributed by atoms with Crippen LogP contribution in [0.2, 0.25) is 0 Å². The Hall–Kier alpha value is -4.10. The van der Waals surface area contributed by atoms with Gasteiger partial charge in [0.25, 0.3) is 10.0 Å². The Balaban J connectivity index is 1.50. The van der Waals surface area contributed by atoms with Crippen molar-refractivity contribution >= 4 is 33.5 Å². The number of ether oxygens (including phenoxy) is 1. The number of hydrogen-bond donors (Lipinski definition) is 0.